The number of halogens is 1. The standard InChI is InChI=1S/C8H17N3.C3H4N2.C3H6N2.ClH/c1-4-9-8-10-6-5-7-11(2)3;1-2-5-3-4-1;1-2-5-3-4;/h4-7H2,1-3H3;1-3H,(H,4,5);4H,2H2,1H3;1H. The molecule has 0 bridgehead atoms. The molecule has 8 heteroatoms. The molecule has 0 spiro atoms. The predicted octanol–water partition coefficient (Wildman–Crippen LogP) is 2.72. The highest BCUT2D eigenvalue weighted by molar-refractivity contribution is 5.85. The van der Waals surface area contributed by atoms with Crippen LogP contribution in [0.25, 0.3) is 0 Å². The molecule has 7 nitrogen and oxygen atoms in total. The Kier molecular flexibility index (Phi) is 27.8. The van der Waals surface area contributed by atoms with E-state index in [1.807, 2.05) is 19.9 Å². The molecule has 126 valence electrons. The summed E-state index contributed by atoms with van der Waals surface area (Å²) in [7, 11) is 4.12. The number of nitrogens with one attached hydrogen (secondary N) is 2. The molecule has 1 rings (SSSR count). The SMILES string of the molecule is CCN=C=N.CCN=C=NCCCN(C)C.Cl.c1c[nH]cn1. The summed E-state index contributed by atoms with van der Waals surface area (Å²) in [5.74, 6) is 0. The average Bonchev–Trinajstić information content (AvgIpc) is 3.03. The van der Waals surface area contributed by atoms with Crippen molar-refractivity contribution in [3.05, 3.63) is 18.7 Å². The van der Waals surface area contributed by atoms with Crippen LogP contribution in [-0.4, -0.2) is 67.2 Å². The number of nitrogens with zero attached hydrogens (tertiary/aromatic N) is 5. The van der Waals surface area contributed by atoms with Crippen LogP contribution in [-0.2, 0) is 0 Å². The van der Waals surface area contributed by atoms with Crippen molar-refractivity contribution in [2.75, 3.05) is 40.3 Å². The first-order valence-electron chi connectivity index (χ1n) is 6.92. The number of H-pyrrole nitrogens is 1. The van der Waals surface area contributed by atoms with Crippen molar-refractivity contribution in [1.29, 1.82) is 5.41 Å². The first kappa shape index (κ1) is 25.2. The van der Waals surface area contributed by atoms with Gasteiger partial charge in [0.15, 0.2) is 0 Å². The molecule has 0 radical (unpaired) electrons. The average molecular weight is 330 g/mol. The van der Waals surface area contributed by atoms with Crippen LogP contribution < -0.4 is 0 Å². The Labute approximate surface area is 139 Å². The zero-order valence-electron chi connectivity index (χ0n) is 13.9. The molecule has 2 N–H and O–H groups in total. The van der Waals surface area contributed by atoms with E-state index < -0.39 is 0 Å². The maximum atomic E-state index is 6.19. The number of aromatic amines is 1. The maximum absolute atomic E-state index is 6.19. The lowest BCUT2D eigenvalue weighted by Crippen LogP contribution is -2.13. The first-order valence-corrected chi connectivity index (χ1v) is 6.92. The summed E-state index contributed by atoms with van der Waals surface area (Å²) in [6, 6.07) is 4.53. The Morgan fingerprint density at radius 1 is 1.18 bits per heavy atom. The molecule has 22 heavy (non-hydrogen) atoms. The van der Waals surface area contributed by atoms with E-state index in [1.54, 1.807) is 18.7 Å². The molecule has 0 aliphatic rings. The van der Waals surface area contributed by atoms with E-state index in [1.165, 1.54) is 0 Å². The lowest BCUT2D eigenvalue weighted by atomic mass is 10.4. The van der Waals surface area contributed by atoms with Gasteiger partial charge in [-0.1, -0.05) is 0 Å². The van der Waals surface area contributed by atoms with Gasteiger partial charge in [0.1, 0.15) is 0 Å². The van der Waals surface area contributed by atoms with Gasteiger partial charge in [0.2, 0.25) is 0 Å². The van der Waals surface area contributed by atoms with E-state index in [2.05, 4.69) is 49.9 Å². The highest BCUT2D eigenvalue weighted by Crippen LogP contribution is 1.82. The Hall–Kier alpha value is -1.78. The second kappa shape index (κ2) is 24.3. The van der Waals surface area contributed by atoms with Crippen LogP contribution in [0, 0.1) is 5.41 Å². The van der Waals surface area contributed by atoms with E-state index in [-0.39, 0.29) is 12.4 Å². The van der Waals surface area contributed by atoms with Gasteiger partial charge in [-0.2, -0.15) is 0 Å². The summed E-state index contributed by atoms with van der Waals surface area (Å²) < 4.78 is 0. The van der Waals surface area contributed by atoms with Crippen molar-refractivity contribution in [2.45, 2.75) is 20.3 Å². The predicted molar refractivity (Wildman–Crippen MR) is 95.0 cm³/mol. The number of imidazole rings is 1. The molecule has 0 saturated heterocycles. The third kappa shape index (κ3) is 30.9. The van der Waals surface area contributed by atoms with Crippen LogP contribution >= 0.6 is 12.4 Å². The minimum absolute atomic E-state index is 0. The molecule has 0 fully saturated rings. The van der Waals surface area contributed by atoms with Crippen LogP contribution in [0.5, 0.6) is 0 Å². The Balaban J connectivity index is -0.000000273. The van der Waals surface area contributed by atoms with Gasteiger partial charge in [-0.25, -0.2) is 25.4 Å². The molecule has 1 aromatic heterocycles. The largest absolute Gasteiger partial charge is 0.351 e. The monoisotopic (exact) mass is 329 g/mol. The summed E-state index contributed by atoms with van der Waals surface area (Å²) in [5.41, 5.74) is 0. The van der Waals surface area contributed by atoms with E-state index in [9.17, 15) is 0 Å². The van der Waals surface area contributed by atoms with Gasteiger partial charge in [-0.15, -0.1) is 12.4 Å². The molecule has 0 unspecified atom stereocenters. The minimum Gasteiger partial charge on any atom is -0.351 e. The van der Waals surface area contributed by atoms with Crippen LogP contribution in [0.15, 0.2) is 33.7 Å². The quantitative estimate of drug-likeness (QED) is 0.620. The molecule has 0 saturated carbocycles. The summed E-state index contributed by atoms with van der Waals surface area (Å²) >= 11 is 0. The second-order valence-electron chi connectivity index (χ2n) is 3.96. The van der Waals surface area contributed by atoms with Gasteiger partial charge >= 0.3 is 0 Å². The van der Waals surface area contributed by atoms with Gasteiger partial charge in [-0.3, -0.25) is 0 Å². The molecule has 0 aliphatic heterocycles. The smallest absolute Gasteiger partial charge is 0.0919 e. The van der Waals surface area contributed by atoms with Crippen molar-refractivity contribution in [3.8, 4) is 0 Å². The van der Waals surface area contributed by atoms with Crippen LogP contribution in [0.4, 0.5) is 0 Å². The number of rotatable bonds is 6. The first-order chi connectivity index (χ1) is 10.2. The van der Waals surface area contributed by atoms with Crippen molar-refractivity contribution in [3.63, 3.8) is 0 Å². The lowest BCUT2D eigenvalue weighted by Gasteiger charge is -2.05. The lowest BCUT2D eigenvalue weighted by molar-refractivity contribution is 0.403. The molecule has 0 amide bonds. The van der Waals surface area contributed by atoms with Gasteiger partial charge in [0.25, 0.3) is 0 Å². The van der Waals surface area contributed by atoms with Crippen LogP contribution in [0.1, 0.15) is 20.3 Å². The van der Waals surface area contributed by atoms with Gasteiger partial charge < -0.3 is 9.88 Å². The molecule has 0 atom stereocenters. The number of aromatic nitrogens is 2. The van der Waals surface area contributed by atoms with Gasteiger partial charge in [0.05, 0.1) is 24.9 Å². The molecule has 0 aromatic carbocycles. The molecule has 1 heterocycles. The van der Waals surface area contributed by atoms with Gasteiger partial charge in [-0.05, 0) is 40.9 Å². The highest BCUT2D eigenvalue weighted by atomic mass is 35.5. The normalized spacial score (nSPS) is 7.86. The topological polar surface area (TPSA) is 92.9 Å². The fraction of sp³-hybridized carbons (Fsp3) is 0.643. The molecule has 0 aliphatic carbocycles. The molecular weight excluding hydrogens is 302 g/mol. The Morgan fingerprint density at radius 3 is 2.18 bits per heavy atom. The van der Waals surface area contributed by atoms with E-state index in [0.29, 0.717) is 6.54 Å². The van der Waals surface area contributed by atoms with Crippen LogP contribution in [0.3, 0.4) is 0 Å². The number of hydrogen-bond donors (Lipinski definition) is 2. The Bertz CT molecular complexity index is 374. The molecule has 1 aromatic rings. The minimum atomic E-state index is 0. The zero-order valence-corrected chi connectivity index (χ0v) is 14.7. The van der Waals surface area contributed by atoms with Crippen molar-refractivity contribution < 1.29 is 0 Å². The fourth-order valence-corrected chi connectivity index (χ4v) is 0.931. The Morgan fingerprint density at radius 2 is 1.86 bits per heavy atom. The van der Waals surface area contributed by atoms with Crippen molar-refractivity contribution in [2.24, 2.45) is 15.0 Å². The van der Waals surface area contributed by atoms with Crippen molar-refractivity contribution >= 4 is 24.4 Å². The maximum Gasteiger partial charge on any atom is 0.0919 e. The summed E-state index contributed by atoms with van der Waals surface area (Å²) in [4.78, 5) is 19.8. The second-order valence-corrected chi connectivity index (χ2v) is 3.96. The summed E-state index contributed by atoms with van der Waals surface area (Å²) in [6.07, 6.45) is 6.17. The van der Waals surface area contributed by atoms with E-state index >= 15 is 0 Å². The van der Waals surface area contributed by atoms with E-state index in [4.69, 9.17) is 5.41 Å². The van der Waals surface area contributed by atoms with Crippen LogP contribution in [0.2, 0.25) is 0 Å². The summed E-state index contributed by atoms with van der Waals surface area (Å²) in [5, 5.41) is 6.19. The third-order valence-electron chi connectivity index (χ3n) is 1.82. The zero-order chi connectivity index (χ0) is 16.2. The highest BCUT2D eigenvalue weighted by Gasteiger charge is 1.86. The van der Waals surface area contributed by atoms with Crippen molar-refractivity contribution in [1.82, 2.24) is 14.9 Å². The van der Waals surface area contributed by atoms with E-state index in [0.717, 1.165) is 26.1 Å². The molecular formula is C14H28ClN7. The van der Waals surface area contributed by atoms with Gasteiger partial charge in [0, 0.05) is 25.5 Å². The number of hydrogen-bond acceptors (Lipinski definition) is 6. The number of aliphatic imine (C=N–C) groups is 3. The summed E-state index contributed by atoms with van der Waals surface area (Å²) in [6.45, 7) is 7.20. The fourth-order valence-electron chi connectivity index (χ4n) is 0.931. The third-order valence-corrected chi connectivity index (χ3v) is 1.82.